The fourth-order valence-corrected chi connectivity index (χ4v) is 5.68. The summed E-state index contributed by atoms with van der Waals surface area (Å²) in [5.74, 6) is 0. The molecule has 6 unspecified atom stereocenters. The molecule has 180 valence electrons. The highest BCUT2D eigenvalue weighted by Gasteiger charge is 2.45. The van der Waals surface area contributed by atoms with Crippen LogP contribution in [0.4, 0.5) is 0 Å². The summed E-state index contributed by atoms with van der Waals surface area (Å²) in [6.07, 6.45) is -3.77. The number of rotatable bonds is 8. The molecule has 3 heterocycles. The SMILES string of the molecule is Cn1cnc2c(ncn2C2OC(COP(=O)([O-])OP(=O)(O)OP(=O)([O-])[O-])C(O)C2O)c1=N. The second kappa shape index (κ2) is 8.77. The normalized spacial score (nSPS) is 28.0. The van der Waals surface area contributed by atoms with Crippen LogP contribution in [0.25, 0.3) is 11.2 Å². The minimum absolute atomic E-state index is 0.0116. The van der Waals surface area contributed by atoms with Crippen LogP contribution in [0.2, 0.25) is 0 Å². The Bertz CT molecular complexity index is 1210. The minimum atomic E-state index is -6.08. The summed E-state index contributed by atoms with van der Waals surface area (Å²) in [6.45, 7) is -1.05. The van der Waals surface area contributed by atoms with Gasteiger partial charge in [0.05, 0.1) is 27.1 Å². The lowest BCUT2D eigenvalue weighted by Crippen LogP contribution is -2.34. The quantitative estimate of drug-likeness (QED) is 0.245. The molecule has 21 heteroatoms. The summed E-state index contributed by atoms with van der Waals surface area (Å²) in [5, 5.41) is 28.4. The zero-order valence-electron chi connectivity index (χ0n) is 15.7. The van der Waals surface area contributed by atoms with Crippen LogP contribution < -0.4 is 20.2 Å². The van der Waals surface area contributed by atoms with Gasteiger partial charge in [-0.3, -0.25) is 18.9 Å². The predicted molar refractivity (Wildman–Crippen MR) is 91.4 cm³/mol. The second-order valence-corrected chi connectivity index (χ2v) is 10.7. The van der Waals surface area contributed by atoms with E-state index >= 15 is 0 Å². The lowest BCUT2D eigenvalue weighted by molar-refractivity contribution is -0.334. The molecule has 6 atom stereocenters. The Labute approximate surface area is 177 Å². The third kappa shape index (κ3) is 5.58. The summed E-state index contributed by atoms with van der Waals surface area (Å²) in [5.41, 5.74) is 0.245. The molecule has 1 aliphatic rings. The smallest absolute Gasteiger partial charge is 0.482 e. The number of aliphatic hydroxyl groups excluding tert-OH is 2. The van der Waals surface area contributed by atoms with Crippen molar-refractivity contribution >= 4 is 34.6 Å². The first-order valence-corrected chi connectivity index (χ1v) is 12.7. The highest BCUT2D eigenvalue weighted by molar-refractivity contribution is 7.65. The Balaban J connectivity index is 1.72. The Kier molecular flexibility index (Phi) is 6.93. The first-order chi connectivity index (χ1) is 14.6. The number of phosphoric ester groups is 1. The molecule has 0 amide bonds. The van der Waals surface area contributed by atoms with Crippen LogP contribution in [0.3, 0.4) is 0 Å². The van der Waals surface area contributed by atoms with Gasteiger partial charge in [0, 0.05) is 7.05 Å². The largest absolute Gasteiger partial charge is 0.789 e. The zero-order chi connectivity index (χ0) is 24.1. The molecule has 0 saturated carbocycles. The third-order valence-electron chi connectivity index (χ3n) is 4.11. The molecule has 0 aromatic carbocycles. The van der Waals surface area contributed by atoms with Crippen LogP contribution in [0.1, 0.15) is 6.23 Å². The average molecular weight is 518 g/mol. The number of aryl methyl sites for hydroxylation is 1. The van der Waals surface area contributed by atoms with Gasteiger partial charge in [0.2, 0.25) is 0 Å². The van der Waals surface area contributed by atoms with Crippen molar-refractivity contribution in [3.63, 3.8) is 0 Å². The molecule has 1 aliphatic heterocycles. The monoisotopic (exact) mass is 518 g/mol. The zero-order valence-corrected chi connectivity index (χ0v) is 18.4. The first kappa shape index (κ1) is 25.3. The highest BCUT2D eigenvalue weighted by atomic mass is 31.3. The number of imidazole rings is 1. The second-order valence-electron chi connectivity index (χ2n) is 6.40. The maximum absolute atomic E-state index is 11.7. The van der Waals surface area contributed by atoms with Crippen LogP contribution in [-0.4, -0.2) is 59.1 Å². The van der Waals surface area contributed by atoms with Crippen molar-refractivity contribution in [3.05, 3.63) is 18.1 Å². The molecule has 0 aliphatic carbocycles. The maximum atomic E-state index is 11.7. The van der Waals surface area contributed by atoms with Gasteiger partial charge in [-0.2, -0.15) is 0 Å². The number of fused-ring (bicyclic) bond motifs is 1. The van der Waals surface area contributed by atoms with Crippen LogP contribution in [0.15, 0.2) is 12.7 Å². The van der Waals surface area contributed by atoms with E-state index in [0.717, 1.165) is 0 Å². The molecular formula is C11H15N5O13P3-3. The van der Waals surface area contributed by atoms with Crippen LogP contribution in [0, 0.1) is 5.41 Å². The number of hydrogen-bond donors (Lipinski definition) is 4. The summed E-state index contributed by atoms with van der Waals surface area (Å²) < 4.78 is 52.2. The number of ether oxygens (including phenoxy) is 1. The van der Waals surface area contributed by atoms with E-state index in [0.29, 0.717) is 0 Å². The predicted octanol–water partition coefficient (Wildman–Crippen LogP) is -3.68. The van der Waals surface area contributed by atoms with E-state index in [1.807, 2.05) is 0 Å². The van der Waals surface area contributed by atoms with Crippen molar-refractivity contribution in [2.45, 2.75) is 24.5 Å². The molecule has 2 aromatic rings. The van der Waals surface area contributed by atoms with Gasteiger partial charge in [0.15, 0.2) is 17.4 Å². The standard InChI is InChI=1S/C11H18N5O13P3/c1-15-3-14-10-6(9(15)12)13-4-16(10)11-8(18)7(17)5(27-11)2-26-31(22,23)29-32(24,25)28-30(19,20)21/h3-5,7-8,11-12,17-18H,2H2,1H3,(H,22,23)(H,24,25)(H2,19,20,21)/p-3. The minimum Gasteiger partial charge on any atom is -0.789 e. The molecule has 18 nitrogen and oxygen atoms in total. The number of phosphoric acid groups is 3. The Hall–Kier alpha value is -1.36. The fourth-order valence-electron chi connectivity index (χ4n) is 2.75. The molecule has 32 heavy (non-hydrogen) atoms. The summed E-state index contributed by atoms with van der Waals surface area (Å²) in [6, 6.07) is 0. The van der Waals surface area contributed by atoms with E-state index in [-0.39, 0.29) is 16.7 Å². The topological polar surface area (TPSA) is 277 Å². The van der Waals surface area contributed by atoms with Gasteiger partial charge in [-0.25, -0.2) is 18.8 Å². The van der Waals surface area contributed by atoms with Crippen LogP contribution in [-0.2, 0) is 38.6 Å². The Morgan fingerprint density at radius 2 is 1.81 bits per heavy atom. The van der Waals surface area contributed by atoms with Crippen molar-refractivity contribution in [2.75, 3.05) is 6.61 Å². The van der Waals surface area contributed by atoms with E-state index < -0.39 is 54.6 Å². The van der Waals surface area contributed by atoms with Gasteiger partial charge in [0.1, 0.15) is 23.8 Å². The molecular weight excluding hydrogens is 503 g/mol. The summed E-state index contributed by atoms with van der Waals surface area (Å²) in [4.78, 5) is 49.4. The van der Waals surface area contributed by atoms with Crippen molar-refractivity contribution in [1.82, 2.24) is 19.1 Å². The lowest BCUT2D eigenvalue weighted by Gasteiger charge is -2.32. The molecule has 1 fully saturated rings. The van der Waals surface area contributed by atoms with Crippen molar-refractivity contribution in [1.29, 1.82) is 5.41 Å². The van der Waals surface area contributed by atoms with Crippen molar-refractivity contribution in [3.8, 4) is 0 Å². The van der Waals surface area contributed by atoms with Gasteiger partial charge in [0.25, 0.3) is 7.82 Å². The van der Waals surface area contributed by atoms with E-state index in [2.05, 4.69) is 23.1 Å². The number of nitrogens with one attached hydrogen (secondary N) is 1. The molecule has 1 saturated heterocycles. The summed E-state index contributed by atoms with van der Waals surface area (Å²) in [7, 11) is -16.2. The molecule has 0 spiro atoms. The average Bonchev–Trinajstić information content (AvgIpc) is 3.16. The third-order valence-corrected chi connectivity index (χ3v) is 7.83. The summed E-state index contributed by atoms with van der Waals surface area (Å²) >= 11 is 0. The lowest BCUT2D eigenvalue weighted by atomic mass is 10.1. The van der Waals surface area contributed by atoms with Gasteiger partial charge in [-0.1, -0.05) is 0 Å². The molecule has 0 bridgehead atoms. The van der Waals surface area contributed by atoms with Gasteiger partial charge in [-0.15, -0.1) is 0 Å². The maximum Gasteiger partial charge on any atom is 0.482 e. The Morgan fingerprint density at radius 3 is 2.44 bits per heavy atom. The van der Waals surface area contributed by atoms with Gasteiger partial charge >= 0.3 is 7.82 Å². The highest BCUT2D eigenvalue weighted by Crippen LogP contribution is 2.63. The number of aliphatic hydroxyl groups is 2. The first-order valence-electron chi connectivity index (χ1n) is 8.28. The fraction of sp³-hybridized carbons (Fsp3) is 0.545. The van der Waals surface area contributed by atoms with Crippen LogP contribution >= 0.6 is 23.5 Å². The number of nitrogens with zero attached hydrogens (tertiary/aromatic N) is 4. The van der Waals surface area contributed by atoms with Crippen molar-refractivity contribution < 1.29 is 61.4 Å². The van der Waals surface area contributed by atoms with Gasteiger partial charge < -0.3 is 48.2 Å². The Morgan fingerprint density at radius 1 is 1.16 bits per heavy atom. The molecule has 4 N–H and O–H groups in total. The van der Waals surface area contributed by atoms with Crippen molar-refractivity contribution in [2.24, 2.45) is 7.05 Å². The van der Waals surface area contributed by atoms with Crippen LogP contribution in [0.5, 0.6) is 0 Å². The molecule has 0 radical (unpaired) electrons. The number of aromatic nitrogens is 4. The van der Waals surface area contributed by atoms with Gasteiger partial charge in [-0.05, 0) is 0 Å². The van der Waals surface area contributed by atoms with E-state index in [4.69, 9.17) is 15.0 Å². The molecule has 3 rings (SSSR count). The van der Waals surface area contributed by atoms with E-state index in [9.17, 15) is 38.6 Å². The number of hydrogen-bond acceptors (Lipinski definition) is 15. The van der Waals surface area contributed by atoms with E-state index in [1.165, 1.54) is 21.8 Å². The van der Waals surface area contributed by atoms with E-state index in [1.54, 1.807) is 7.05 Å². The molecule has 2 aromatic heterocycles.